The molecule has 0 amide bonds. The van der Waals surface area contributed by atoms with Gasteiger partial charge in [0, 0.05) is 13.1 Å². The van der Waals surface area contributed by atoms with Crippen LogP contribution in [0.25, 0.3) is 0 Å². The van der Waals surface area contributed by atoms with Crippen LogP contribution in [-0.2, 0) is 0 Å². The Morgan fingerprint density at radius 2 is 1.68 bits per heavy atom. The minimum absolute atomic E-state index is 0.132. The number of nitrogen functional groups attached to an aromatic ring is 1. The molecule has 0 radical (unpaired) electrons. The monoisotopic (exact) mass is 268 g/mol. The Bertz CT molecular complexity index is 360. The molecule has 2 N–H and O–H groups in total. The van der Waals surface area contributed by atoms with Crippen molar-refractivity contribution in [2.24, 2.45) is 0 Å². The van der Waals surface area contributed by atoms with Gasteiger partial charge in [0.15, 0.2) is 11.6 Å². The Labute approximate surface area is 115 Å². The second-order valence-corrected chi connectivity index (χ2v) is 4.80. The Morgan fingerprint density at radius 3 is 2.21 bits per heavy atom. The standard InChI is InChI=1S/C14H25FN4/c1-3-5-7-9-19(10-8-6-4-2)13-12(15)11-17-14(16)18-13/h11H,3-10H2,1-2H3,(H2,16,17,18). The third-order valence-corrected chi connectivity index (χ3v) is 3.11. The van der Waals surface area contributed by atoms with Gasteiger partial charge in [0.1, 0.15) is 0 Å². The lowest BCUT2D eigenvalue weighted by Crippen LogP contribution is -2.28. The highest BCUT2D eigenvalue weighted by Gasteiger charge is 2.13. The van der Waals surface area contributed by atoms with E-state index in [1.54, 1.807) is 0 Å². The Balaban J connectivity index is 2.72. The molecule has 0 bridgehead atoms. The van der Waals surface area contributed by atoms with Crippen molar-refractivity contribution in [2.45, 2.75) is 52.4 Å². The molecule has 0 fully saturated rings. The van der Waals surface area contributed by atoms with Crippen LogP contribution in [0.2, 0.25) is 0 Å². The van der Waals surface area contributed by atoms with Crippen LogP contribution in [0.5, 0.6) is 0 Å². The van der Waals surface area contributed by atoms with Gasteiger partial charge in [-0.15, -0.1) is 0 Å². The first kappa shape index (κ1) is 15.7. The van der Waals surface area contributed by atoms with E-state index in [0.29, 0.717) is 5.82 Å². The van der Waals surface area contributed by atoms with Crippen LogP contribution in [0.4, 0.5) is 16.2 Å². The molecule has 108 valence electrons. The number of hydrogen-bond donors (Lipinski definition) is 1. The van der Waals surface area contributed by atoms with Crippen molar-refractivity contribution >= 4 is 11.8 Å². The maximum atomic E-state index is 13.8. The quantitative estimate of drug-likeness (QED) is 0.697. The Hall–Kier alpha value is -1.39. The van der Waals surface area contributed by atoms with Crippen molar-refractivity contribution in [3.63, 3.8) is 0 Å². The molecule has 19 heavy (non-hydrogen) atoms. The highest BCUT2D eigenvalue weighted by molar-refractivity contribution is 5.42. The Kier molecular flexibility index (Phi) is 7.15. The van der Waals surface area contributed by atoms with E-state index in [2.05, 4.69) is 23.8 Å². The lowest BCUT2D eigenvalue weighted by Gasteiger charge is -2.24. The number of aromatic nitrogens is 2. The molecule has 0 atom stereocenters. The molecular weight excluding hydrogens is 243 g/mol. The number of halogens is 1. The summed E-state index contributed by atoms with van der Waals surface area (Å²) in [5, 5.41) is 0. The van der Waals surface area contributed by atoms with E-state index in [4.69, 9.17) is 5.73 Å². The zero-order chi connectivity index (χ0) is 14.1. The predicted octanol–water partition coefficient (Wildman–Crippen LogP) is 3.38. The zero-order valence-electron chi connectivity index (χ0n) is 12.0. The number of hydrogen-bond acceptors (Lipinski definition) is 4. The molecule has 0 aliphatic heterocycles. The van der Waals surface area contributed by atoms with Gasteiger partial charge in [0.05, 0.1) is 6.20 Å². The van der Waals surface area contributed by atoms with Crippen LogP contribution in [0, 0.1) is 5.82 Å². The molecule has 1 rings (SSSR count). The molecule has 1 heterocycles. The van der Waals surface area contributed by atoms with Crippen molar-refractivity contribution in [1.29, 1.82) is 0 Å². The molecule has 0 saturated carbocycles. The third kappa shape index (κ3) is 5.41. The molecule has 0 saturated heterocycles. The van der Waals surface area contributed by atoms with Gasteiger partial charge in [0.25, 0.3) is 0 Å². The minimum Gasteiger partial charge on any atom is -0.368 e. The molecule has 0 unspecified atom stereocenters. The molecule has 5 heteroatoms. The first-order valence-electron chi connectivity index (χ1n) is 7.22. The molecule has 1 aromatic rings. The third-order valence-electron chi connectivity index (χ3n) is 3.11. The second kappa shape index (κ2) is 8.67. The number of unbranched alkanes of at least 4 members (excludes halogenated alkanes) is 4. The average Bonchev–Trinajstić information content (AvgIpc) is 2.40. The summed E-state index contributed by atoms with van der Waals surface area (Å²) in [6, 6.07) is 0. The van der Waals surface area contributed by atoms with Gasteiger partial charge in [-0.3, -0.25) is 0 Å². The van der Waals surface area contributed by atoms with E-state index >= 15 is 0 Å². The largest absolute Gasteiger partial charge is 0.368 e. The van der Waals surface area contributed by atoms with Gasteiger partial charge in [-0.2, -0.15) is 4.98 Å². The van der Waals surface area contributed by atoms with Crippen LogP contribution in [0.3, 0.4) is 0 Å². The van der Waals surface area contributed by atoms with Crippen LogP contribution in [-0.4, -0.2) is 23.1 Å². The number of nitrogens with two attached hydrogens (primary N) is 1. The van der Waals surface area contributed by atoms with Gasteiger partial charge in [-0.1, -0.05) is 39.5 Å². The van der Waals surface area contributed by atoms with Crippen molar-refractivity contribution in [3.8, 4) is 0 Å². The topological polar surface area (TPSA) is 55.0 Å². The molecule has 4 nitrogen and oxygen atoms in total. The van der Waals surface area contributed by atoms with Crippen molar-refractivity contribution < 1.29 is 4.39 Å². The summed E-state index contributed by atoms with van der Waals surface area (Å²) >= 11 is 0. The SMILES string of the molecule is CCCCCN(CCCCC)c1nc(N)ncc1F. The highest BCUT2D eigenvalue weighted by Crippen LogP contribution is 2.18. The minimum atomic E-state index is -0.387. The van der Waals surface area contributed by atoms with Gasteiger partial charge < -0.3 is 10.6 Å². The summed E-state index contributed by atoms with van der Waals surface area (Å²) < 4.78 is 13.8. The Morgan fingerprint density at radius 1 is 1.11 bits per heavy atom. The molecule has 0 aliphatic rings. The van der Waals surface area contributed by atoms with Gasteiger partial charge in [-0.25, -0.2) is 9.37 Å². The smallest absolute Gasteiger partial charge is 0.222 e. The van der Waals surface area contributed by atoms with Gasteiger partial charge in [0.2, 0.25) is 5.95 Å². The maximum absolute atomic E-state index is 13.8. The summed E-state index contributed by atoms with van der Waals surface area (Å²) in [6.07, 6.45) is 7.84. The van der Waals surface area contributed by atoms with E-state index in [9.17, 15) is 4.39 Å². The maximum Gasteiger partial charge on any atom is 0.222 e. The molecule has 0 spiro atoms. The van der Waals surface area contributed by atoms with Crippen LogP contribution >= 0.6 is 0 Å². The van der Waals surface area contributed by atoms with E-state index in [-0.39, 0.29) is 11.8 Å². The van der Waals surface area contributed by atoms with E-state index < -0.39 is 0 Å². The fourth-order valence-corrected chi connectivity index (χ4v) is 2.02. The van der Waals surface area contributed by atoms with Crippen molar-refractivity contribution in [1.82, 2.24) is 9.97 Å². The molecule has 1 aromatic heterocycles. The first-order chi connectivity index (χ1) is 9.19. The summed E-state index contributed by atoms with van der Waals surface area (Å²) in [7, 11) is 0. The zero-order valence-corrected chi connectivity index (χ0v) is 12.0. The predicted molar refractivity (Wildman–Crippen MR) is 77.7 cm³/mol. The van der Waals surface area contributed by atoms with Crippen LogP contribution in [0.15, 0.2) is 6.20 Å². The normalized spacial score (nSPS) is 10.7. The average molecular weight is 268 g/mol. The second-order valence-electron chi connectivity index (χ2n) is 4.80. The fraction of sp³-hybridized carbons (Fsp3) is 0.714. The van der Waals surface area contributed by atoms with Gasteiger partial charge in [-0.05, 0) is 12.8 Å². The summed E-state index contributed by atoms with van der Waals surface area (Å²) in [4.78, 5) is 9.73. The lowest BCUT2D eigenvalue weighted by molar-refractivity contribution is 0.581. The summed E-state index contributed by atoms with van der Waals surface area (Å²) in [5.74, 6) is 0.0919. The summed E-state index contributed by atoms with van der Waals surface area (Å²) in [6.45, 7) is 5.96. The fourth-order valence-electron chi connectivity index (χ4n) is 2.02. The first-order valence-corrected chi connectivity index (χ1v) is 7.22. The van der Waals surface area contributed by atoms with Crippen LogP contribution < -0.4 is 10.6 Å². The van der Waals surface area contributed by atoms with E-state index in [1.807, 2.05) is 4.90 Å². The molecule has 0 aromatic carbocycles. The van der Waals surface area contributed by atoms with Crippen LogP contribution in [0.1, 0.15) is 52.4 Å². The van der Waals surface area contributed by atoms with Crippen molar-refractivity contribution in [2.75, 3.05) is 23.7 Å². The molecule has 0 aliphatic carbocycles. The molecular formula is C14H25FN4. The summed E-state index contributed by atoms with van der Waals surface area (Å²) in [5.41, 5.74) is 5.56. The lowest BCUT2D eigenvalue weighted by atomic mass is 10.2. The van der Waals surface area contributed by atoms with Crippen molar-refractivity contribution in [3.05, 3.63) is 12.0 Å². The highest BCUT2D eigenvalue weighted by atomic mass is 19.1. The van der Waals surface area contributed by atoms with E-state index in [0.717, 1.165) is 57.8 Å². The van der Waals surface area contributed by atoms with Gasteiger partial charge >= 0.3 is 0 Å². The number of nitrogens with zero attached hydrogens (tertiary/aromatic N) is 3. The van der Waals surface area contributed by atoms with E-state index in [1.165, 1.54) is 0 Å². The number of rotatable bonds is 9. The number of anilines is 2.